The average Bonchev–Trinajstić information content (AvgIpc) is 3.20. The molecule has 2 saturated heterocycles. The summed E-state index contributed by atoms with van der Waals surface area (Å²) in [5, 5.41) is 13.6. The van der Waals surface area contributed by atoms with Gasteiger partial charge in [0.2, 0.25) is 18.5 Å². The molecule has 4 rings (SSSR count). The molecule has 0 saturated carbocycles. The Bertz CT molecular complexity index is 751. The van der Waals surface area contributed by atoms with Gasteiger partial charge in [-0.25, -0.2) is 0 Å². The number of amides is 1. The highest BCUT2D eigenvalue weighted by Crippen LogP contribution is 2.34. The molecular weight excluding hydrogens is 354 g/mol. The zero-order valence-corrected chi connectivity index (χ0v) is 14.7. The summed E-state index contributed by atoms with van der Waals surface area (Å²) in [6.07, 6.45) is -2.43. The van der Waals surface area contributed by atoms with Crippen LogP contribution in [-0.4, -0.2) is 48.3 Å². The molecule has 27 heavy (non-hydrogen) atoms. The summed E-state index contributed by atoms with van der Waals surface area (Å²) in [6.45, 7) is 1.56. The van der Waals surface area contributed by atoms with Gasteiger partial charge in [0, 0.05) is 6.92 Å². The van der Waals surface area contributed by atoms with E-state index in [0.29, 0.717) is 11.5 Å². The number of benzene rings is 1. The Morgan fingerprint density at radius 2 is 2.00 bits per heavy atom. The van der Waals surface area contributed by atoms with Gasteiger partial charge < -0.3 is 33.8 Å². The van der Waals surface area contributed by atoms with Crippen molar-refractivity contribution < 1.29 is 33.3 Å². The van der Waals surface area contributed by atoms with Crippen LogP contribution in [0, 0.1) is 0 Å². The molecule has 0 aliphatic carbocycles. The van der Waals surface area contributed by atoms with E-state index in [1.807, 2.05) is 18.2 Å². The molecule has 1 aromatic heterocycles. The summed E-state index contributed by atoms with van der Waals surface area (Å²) in [5.74, 6) is 0.756. The number of carbonyl (C=O) groups is 1. The molecule has 8 nitrogen and oxygen atoms in total. The molecule has 1 amide bonds. The van der Waals surface area contributed by atoms with Crippen LogP contribution >= 0.6 is 0 Å². The number of carbonyl (C=O) groups excluding carboxylic acids is 1. The van der Waals surface area contributed by atoms with Crippen LogP contribution in [-0.2, 0) is 19.0 Å². The molecule has 2 aliphatic heterocycles. The van der Waals surface area contributed by atoms with E-state index in [-0.39, 0.29) is 12.5 Å². The van der Waals surface area contributed by atoms with Crippen LogP contribution in [0.1, 0.15) is 19.0 Å². The van der Waals surface area contributed by atoms with Gasteiger partial charge >= 0.3 is 0 Å². The third kappa shape index (κ3) is 3.84. The lowest BCUT2D eigenvalue weighted by atomic mass is 9.96. The number of nitrogens with one attached hydrogen (secondary N) is 1. The maximum atomic E-state index is 11.7. The maximum absolute atomic E-state index is 11.7. The van der Waals surface area contributed by atoms with Gasteiger partial charge in [0.25, 0.3) is 0 Å². The lowest BCUT2D eigenvalue weighted by Crippen LogP contribution is -2.67. The number of fused-ring (bicyclic) bond motifs is 1. The van der Waals surface area contributed by atoms with Gasteiger partial charge in [-0.05, 0) is 24.3 Å². The first-order valence-corrected chi connectivity index (χ1v) is 8.74. The van der Waals surface area contributed by atoms with Gasteiger partial charge in [-0.15, -0.1) is 0 Å². The number of para-hydroxylation sites is 1. The molecule has 0 spiro atoms. The van der Waals surface area contributed by atoms with E-state index in [0.717, 1.165) is 0 Å². The van der Waals surface area contributed by atoms with E-state index in [1.165, 1.54) is 13.2 Å². The van der Waals surface area contributed by atoms with E-state index < -0.39 is 36.9 Å². The van der Waals surface area contributed by atoms with Crippen LogP contribution in [0.25, 0.3) is 0 Å². The third-order valence-corrected chi connectivity index (χ3v) is 4.51. The Hall–Kier alpha value is -2.39. The first-order chi connectivity index (χ1) is 13.1. The molecule has 8 heteroatoms. The van der Waals surface area contributed by atoms with Crippen LogP contribution in [0.15, 0.2) is 53.1 Å². The zero-order valence-electron chi connectivity index (χ0n) is 14.7. The zero-order chi connectivity index (χ0) is 18.8. The van der Waals surface area contributed by atoms with E-state index in [2.05, 4.69) is 5.32 Å². The second-order valence-corrected chi connectivity index (χ2v) is 6.47. The first kappa shape index (κ1) is 18.0. The van der Waals surface area contributed by atoms with Crippen LogP contribution in [0.2, 0.25) is 0 Å². The maximum Gasteiger partial charge on any atom is 0.223 e. The molecule has 0 bridgehead atoms. The van der Waals surface area contributed by atoms with E-state index in [4.69, 9.17) is 23.4 Å². The van der Waals surface area contributed by atoms with E-state index in [9.17, 15) is 9.90 Å². The molecule has 144 valence electrons. The number of aliphatic hydroxyl groups excluding tert-OH is 1. The summed E-state index contributed by atoms with van der Waals surface area (Å²) >= 11 is 0. The van der Waals surface area contributed by atoms with Gasteiger partial charge in [-0.2, -0.15) is 0 Å². The summed E-state index contributed by atoms with van der Waals surface area (Å²) in [4.78, 5) is 11.7. The Morgan fingerprint density at radius 3 is 2.70 bits per heavy atom. The van der Waals surface area contributed by atoms with Crippen LogP contribution in [0.3, 0.4) is 0 Å². The van der Waals surface area contributed by atoms with Gasteiger partial charge in [-0.3, -0.25) is 4.79 Å². The van der Waals surface area contributed by atoms with Crippen LogP contribution in [0.4, 0.5) is 0 Å². The van der Waals surface area contributed by atoms with E-state index >= 15 is 0 Å². The molecule has 3 heterocycles. The highest BCUT2D eigenvalue weighted by Gasteiger charge is 2.51. The van der Waals surface area contributed by atoms with E-state index in [1.54, 1.807) is 24.3 Å². The monoisotopic (exact) mass is 375 g/mol. The van der Waals surface area contributed by atoms with Crippen molar-refractivity contribution in [3.63, 3.8) is 0 Å². The molecule has 1 aromatic carbocycles. The Labute approximate surface area is 156 Å². The molecule has 0 unspecified atom stereocenters. The molecule has 0 radical (unpaired) electrons. The lowest BCUT2D eigenvalue weighted by molar-refractivity contribution is -0.336. The largest absolute Gasteiger partial charge is 0.464 e. The highest BCUT2D eigenvalue weighted by atomic mass is 16.8. The number of rotatable bonds is 4. The molecule has 6 atom stereocenters. The number of furan rings is 1. The van der Waals surface area contributed by atoms with Crippen molar-refractivity contribution in [3.8, 4) is 5.75 Å². The van der Waals surface area contributed by atoms with Crippen molar-refractivity contribution in [2.24, 2.45) is 0 Å². The minimum absolute atomic E-state index is 0.189. The van der Waals surface area contributed by atoms with Crippen molar-refractivity contribution in [2.75, 3.05) is 6.61 Å². The van der Waals surface area contributed by atoms with Crippen LogP contribution in [0.5, 0.6) is 5.75 Å². The number of hydrogen-bond donors (Lipinski definition) is 2. The van der Waals surface area contributed by atoms with Crippen LogP contribution < -0.4 is 10.1 Å². The summed E-state index contributed by atoms with van der Waals surface area (Å²) in [7, 11) is 0. The second-order valence-electron chi connectivity index (χ2n) is 6.47. The first-order valence-electron chi connectivity index (χ1n) is 8.74. The van der Waals surface area contributed by atoms with Crippen molar-refractivity contribution in [2.45, 2.75) is 43.9 Å². The molecular formula is C19H21NO7. The molecule has 2 aromatic rings. The topological polar surface area (TPSA) is 99.4 Å². The summed E-state index contributed by atoms with van der Waals surface area (Å²) in [5.41, 5.74) is 0. The quantitative estimate of drug-likeness (QED) is 0.832. The molecule has 2 N–H and O–H groups in total. The smallest absolute Gasteiger partial charge is 0.223 e. The number of hydrogen-bond acceptors (Lipinski definition) is 7. The minimum Gasteiger partial charge on any atom is -0.464 e. The molecule has 2 aliphatic rings. The highest BCUT2D eigenvalue weighted by molar-refractivity contribution is 5.73. The standard InChI is InChI=1S/C19H21NO7/c1-11(21)20-15-16(22)17-14(10-24-18(27-17)13-8-5-9-23-13)26-19(15)25-12-6-3-2-4-7-12/h2-9,14-19,22H,10H2,1H3,(H,20,21)/t14-,15+,16-,17+,18+,19-/m1/s1. The Kier molecular flexibility index (Phi) is 5.13. The van der Waals surface area contributed by atoms with Crippen molar-refractivity contribution in [1.29, 1.82) is 0 Å². The van der Waals surface area contributed by atoms with Gasteiger partial charge in [0.05, 0.1) is 12.9 Å². The Morgan fingerprint density at radius 1 is 1.19 bits per heavy atom. The Balaban J connectivity index is 1.53. The SMILES string of the molecule is CC(=O)N[C@@H]1[C@H](Oc2ccccc2)O[C@@H]2CO[C@H](c3ccco3)O[C@@H]2[C@@H]1O. The fraction of sp³-hybridized carbons (Fsp3) is 0.421. The van der Waals surface area contributed by atoms with Gasteiger partial charge in [0.1, 0.15) is 30.1 Å². The predicted molar refractivity (Wildman–Crippen MR) is 91.6 cm³/mol. The predicted octanol–water partition coefficient (Wildman–Crippen LogP) is 1.36. The summed E-state index contributed by atoms with van der Waals surface area (Å²) < 4.78 is 28.7. The molecule has 2 fully saturated rings. The lowest BCUT2D eigenvalue weighted by Gasteiger charge is -2.47. The van der Waals surface area contributed by atoms with Crippen molar-refractivity contribution in [3.05, 3.63) is 54.5 Å². The second kappa shape index (κ2) is 7.69. The van der Waals surface area contributed by atoms with Crippen molar-refractivity contribution >= 4 is 5.91 Å². The number of aliphatic hydroxyl groups is 1. The minimum atomic E-state index is -1.05. The summed E-state index contributed by atoms with van der Waals surface area (Å²) in [6, 6.07) is 11.7. The van der Waals surface area contributed by atoms with Gasteiger partial charge in [0.15, 0.2) is 5.76 Å². The fourth-order valence-electron chi connectivity index (χ4n) is 3.28. The third-order valence-electron chi connectivity index (χ3n) is 4.51. The normalized spacial score (nSPS) is 33.1. The fourth-order valence-corrected chi connectivity index (χ4v) is 3.28. The van der Waals surface area contributed by atoms with Crippen molar-refractivity contribution in [1.82, 2.24) is 5.32 Å². The number of ether oxygens (including phenoxy) is 4. The average molecular weight is 375 g/mol. The van der Waals surface area contributed by atoms with Gasteiger partial charge in [-0.1, -0.05) is 18.2 Å².